The van der Waals surface area contributed by atoms with Crippen molar-refractivity contribution in [1.29, 1.82) is 0 Å². The molecule has 1 aromatic rings. The number of nitrogens with two attached hydrogens (primary N) is 1. The van der Waals surface area contributed by atoms with Gasteiger partial charge in [-0.25, -0.2) is 4.79 Å². The van der Waals surface area contributed by atoms with Gasteiger partial charge in [0.05, 0.1) is 5.69 Å². The molecule has 1 aromatic heterocycles. The van der Waals surface area contributed by atoms with Crippen molar-refractivity contribution in [2.45, 2.75) is 13.3 Å². The summed E-state index contributed by atoms with van der Waals surface area (Å²) >= 11 is 0. The van der Waals surface area contributed by atoms with Gasteiger partial charge in [-0.3, -0.25) is 13.9 Å². The van der Waals surface area contributed by atoms with Gasteiger partial charge < -0.3 is 5.73 Å². The smallest absolute Gasteiger partial charge is 0.330 e. The molecule has 0 fully saturated rings. The highest BCUT2D eigenvalue weighted by Crippen LogP contribution is 2.07. The van der Waals surface area contributed by atoms with Gasteiger partial charge in [-0.15, -0.1) is 0 Å². The molecule has 0 aliphatic heterocycles. The van der Waals surface area contributed by atoms with Gasteiger partial charge in [0, 0.05) is 20.5 Å². The van der Waals surface area contributed by atoms with E-state index in [9.17, 15) is 9.59 Å². The standard InChI is InChI=1S/C10H15N3O2/c1-6(2)5-7-8(11)9(14)13(4)10(15)12(7)3/h1,5,11H2,2-4H3. The molecule has 0 saturated carbocycles. The van der Waals surface area contributed by atoms with Crippen LogP contribution in [0.1, 0.15) is 12.6 Å². The van der Waals surface area contributed by atoms with Crippen LogP contribution in [0.2, 0.25) is 0 Å². The number of nitrogens with zero attached hydrogens (tertiary/aromatic N) is 2. The normalized spacial score (nSPS) is 10.3. The van der Waals surface area contributed by atoms with Crippen LogP contribution in [-0.4, -0.2) is 9.13 Å². The van der Waals surface area contributed by atoms with Gasteiger partial charge in [-0.2, -0.15) is 0 Å². The first kappa shape index (κ1) is 11.3. The monoisotopic (exact) mass is 209 g/mol. The molecular formula is C10H15N3O2. The summed E-state index contributed by atoms with van der Waals surface area (Å²) in [6, 6.07) is 0. The Morgan fingerprint density at radius 1 is 1.33 bits per heavy atom. The Morgan fingerprint density at radius 2 is 1.87 bits per heavy atom. The maximum atomic E-state index is 11.6. The van der Waals surface area contributed by atoms with E-state index in [0.29, 0.717) is 12.1 Å². The van der Waals surface area contributed by atoms with Crippen molar-refractivity contribution >= 4 is 5.69 Å². The van der Waals surface area contributed by atoms with Crippen molar-refractivity contribution in [3.8, 4) is 0 Å². The Balaban J connectivity index is 3.60. The number of hydrogen-bond donors (Lipinski definition) is 1. The number of allylic oxidation sites excluding steroid dienone is 1. The van der Waals surface area contributed by atoms with Crippen LogP contribution in [0.15, 0.2) is 21.7 Å². The summed E-state index contributed by atoms with van der Waals surface area (Å²) in [5.74, 6) is 0. The van der Waals surface area contributed by atoms with E-state index in [1.54, 1.807) is 7.05 Å². The van der Waals surface area contributed by atoms with Gasteiger partial charge in [-0.05, 0) is 6.92 Å². The second-order valence-corrected chi connectivity index (χ2v) is 3.70. The topological polar surface area (TPSA) is 70.0 Å². The van der Waals surface area contributed by atoms with Gasteiger partial charge in [0.25, 0.3) is 5.56 Å². The van der Waals surface area contributed by atoms with Crippen molar-refractivity contribution in [3.63, 3.8) is 0 Å². The van der Waals surface area contributed by atoms with E-state index >= 15 is 0 Å². The quantitative estimate of drug-likeness (QED) is 0.685. The zero-order chi connectivity index (χ0) is 11.7. The summed E-state index contributed by atoms with van der Waals surface area (Å²) in [5.41, 5.74) is 6.34. The summed E-state index contributed by atoms with van der Waals surface area (Å²) in [6.45, 7) is 5.56. The van der Waals surface area contributed by atoms with E-state index in [4.69, 9.17) is 5.73 Å². The first-order chi connectivity index (χ1) is 6.86. The van der Waals surface area contributed by atoms with Gasteiger partial charge >= 0.3 is 5.69 Å². The highest BCUT2D eigenvalue weighted by molar-refractivity contribution is 5.42. The number of rotatable bonds is 2. The van der Waals surface area contributed by atoms with Gasteiger partial charge in [0.2, 0.25) is 0 Å². The van der Waals surface area contributed by atoms with Crippen LogP contribution in [0.5, 0.6) is 0 Å². The molecule has 0 saturated heterocycles. The third kappa shape index (κ3) is 1.86. The van der Waals surface area contributed by atoms with Gasteiger partial charge in [-0.1, -0.05) is 12.2 Å². The molecule has 82 valence electrons. The lowest BCUT2D eigenvalue weighted by atomic mass is 10.1. The Bertz CT molecular complexity index is 485. The molecule has 0 unspecified atom stereocenters. The number of aromatic nitrogens is 2. The minimum Gasteiger partial charge on any atom is -0.393 e. The summed E-state index contributed by atoms with van der Waals surface area (Å²) in [6.07, 6.45) is 0.438. The zero-order valence-corrected chi connectivity index (χ0v) is 9.20. The van der Waals surface area contributed by atoms with Crippen molar-refractivity contribution in [2.75, 3.05) is 5.73 Å². The van der Waals surface area contributed by atoms with Gasteiger partial charge in [0.1, 0.15) is 5.69 Å². The minimum atomic E-state index is -0.450. The molecule has 0 aliphatic rings. The van der Waals surface area contributed by atoms with E-state index in [0.717, 1.165) is 10.1 Å². The average molecular weight is 209 g/mol. The zero-order valence-electron chi connectivity index (χ0n) is 9.20. The summed E-state index contributed by atoms with van der Waals surface area (Å²) in [4.78, 5) is 23.1. The fraction of sp³-hybridized carbons (Fsp3) is 0.400. The number of nitrogen functional groups attached to an aromatic ring is 1. The first-order valence-electron chi connectivity index (χ1n) is 4.55. The van der Waals surface area contributed by atoms with Crippen LogP contribution in [-0.2, 0) is 20.5 Å². The number of anilines is 1. The van der Waals surface area contributed by atoms with Crippen LogP contribution in [0, 0.1) is 0 Å². The van der Waals surface area contributed by atoms with E-state index in [1.807, 2.05) is 6.92 Å². The van der Waals surface area contributed by atoms with Crippen LogP contribution in [0.3, 0.4) is 0 Å². The van der Waals surface area contributed by atoms with Crippen molar-refractivity contribution in [3.05, 3.63) is 38.7 Å². The van der Waals surface area contributed by atoms with Crippen molar-refractivity contribution < 1.29 is 0 Å². The molecule has 0 spiro atoms. The highest BCUT2D eigenvalue weighted by atomic mass is 16.2. The SMILES string of the molecule is C=C(C)Cc1c(N)c(=O)n(C)c(=O)n1C. The molecule has 1 rings (SSSR count). The van der Waals surface area contributed by atoms with E-state index in [1.165, 1.54) is 11.6 Å². The first-order valence-corrected chi connectivity index (χ1v) is 4.55. The summed E-state index contributed by atoms with van der Waals surface area (Å²) < 4.78 is 2.38. The molecule has 0 atom stereocenters. The van der Waals surface area contributed by atoms with Crippen molar-refractivity contribution in [2.24, 2.45) is 14.1 Å². The molecule has 0 bridgehead atoms. The molecule has 5 heteroatoms. The Hall–Kier alpha value is -1.78. The van der Waals surface area contributed by atoms with E-state index < -0.39 is 5.56 Å². The van der Waals surface area contributed by atoms with Gasteiger partial charge in [0.15, 0.2) is 0 Å². The molecule has 0 radical (unpaired) electrons. The predicted octanol–water partition coefficient (Wildman–Crippen LogP) is -0.215. The predicted molar refractivity (Wildman–Crippen MR) is 59.9 cm³/mol. The molecule has 0 amide bonds. The fourth-order valence-corrected chi connectivity index (χ4v) is 1.41. The second-order valence-electron chi connectivity index (χ2n) is 3.70. The lowest BCUT2D eigenvalue weighted by molar-refractivity contribution is 0.662. The molecule has 15 heavy (non-hydrogen) atoms. The maximum absolute atomic E-state index is 11.6. The molecule has 0 aromatic carbocycles. The van der Waals surface area contributed by atoms with E-state index in [-0.39, 0.29) is 11.4 Å². The third-order valence-electron chi connectivity index (χ3n) is 2.29. The minimum absolute atomic E-state index is 0.114. The number of hydrogen-bond acceptors (Lipinski definition) is 3. The van der Waals surface area contributed by atoms with Crippen LogP contribution >= 0.6 is 0 Å². The molecule has 0 aliphatic carbocycles. The average Bonchev–Trinajstić information content (AvgIpc) is 2.18. The van der Waals surface area contributed by atoms with E-state index in [2.05, 4.69) is 6.58 Å². The summed E-state index contributed by atoms with van der Waals surface area (Å²) in [5, 5.41) is 0. The third-order valence-corrected chi connectivity index (χ3v) is 2.29. The second kappa shape index (κ2) is 3.76. The van der Waals surface area contributed by atoms with Crippen molar-refractivity contribution in [1.82, 2.24) is 9.13 Å². The molecule has 2 N–H and O–H groups in total. The molecular weight excluding hydrogens is 194 g/mol. The Labute approximate surface area is 87.5 Å². The molecule has 1 heterocycles. The highest BCUT2D eigenvalue weighted by Gasteiger charge is 2.12. The Morgan fingerprint density at radius 3 is 2.33 bits per heavy atom. The fourth-order valence-electron chi connectivity index (χ4n) is 1.41. The molecule has 5 nitrogen and oxygen atoms in total. The lowest BCUT2D eigenvalue weighted by Gasteiger charge is -2.12. The van der Waals surface area contributed by atoms with Crippen LogP contribution in [0.4, 0.5) is 5.69 Å². The summed E-state index contributed by atoms with van der Waals surface area (Å²) in [7, 11) is 3.00. The lowest BCUT2D eigenvalue weighted by Crippen LogP contribution is -2.40. The Kier molecular flexibility index (Phi) is 2.83. The van der Waals surface area contributed by atoms with Crippen LogP contribution < -0.4 is 17.0 Å². The maximum Gasteiger partial charge on any atom is 0.330 e. The largest absolute Gasteiger partial charge is 0.393 e. The van der Waals surface area contributed by atoms with Crippen LogP contribution in [0.25, 0.3) is 0 Å².